The number of carbonyl (C=O) groups excluding carboxylic acids is 1. The molecule has 4 heteroatoms. The Morgan fingerprint density at radius 3 is 2.79 bits per heavy atom. The van der Waals surface area contributed by atoms with Crippen LogP contribution in [0.5, 0.6) is 0 Å². The maximum Gasteiger partial charge on any atom is 0.259 e. The second-order valence-electron chi connectivity index (χ2n) is 2.90. The van der Waals surface area contributed by atoms with Gasteiger partial charge < -0.3 is 5.73 Å². The summed E-state index contributed by atoms with van der Waals surface area (Å²) in [7, 11) is 0. The van der Waals surface area contributed by atoms with Crippen LogP contribution in [-0.4, -0.2) is 5.91 Å². The number of thiophene rings is 1. The molecule has 1 heterocycles. The van der Waals surface area contributed by atoms with Crippen LogP contribution in [0, 0.1) is 0 Å². The number of halogens is 1. The van der Waals surface area contributed by atoms with Gasteiger partial charge in [0.1, 0.15) is 6.67 Å². The molecule has 0 bridgehead atoms. The van der Waals surface area contributed by atoms with Crippen LogP contribution in [0.4, 0.5) is 4.39 Å². The van der Waals surface area contributed by atoms with Crippen molar-refractivity contribution in [2.24, 2.45) is 5.73 Å². The Balaban J connectivity index is 2.78. The van der Waals surface area contributed by atoms with Crippen molar-refractivity contribution in [3.63, 3.8) is 0 Å². The number of hydrogen-bond acceptors (Lipinski definition) is 2. The molecular weight excluding hydrogens is 201 g/mol. The van der Waals surface area contributed by atoms with Gasteiger partial charge in [0.2, 0.25) is 0 Å². The Hall–Kier alpha value is -1.42. The molecule has 0 atom stereocenters. The predicted octanol–water partition coefficient (Wildman–Crippen LogP) is 2.47. The van der Waals surface area contributed by atoms with Crippen LogP contribution in [0.2, 0.25) is 0 Å². The van der Waals surface area contributed by atoms with E-state index >= 15 is 0 Å². The predicted molar refractivity (Wildman–Crippen MR) is 55.2 cm³/mol. The van der Waals surface area contributed by atoms with E-state index in [1.54, 1.807) is 6.07 Å². The summed E-state index contributed by atoms with van der Waals surface area (Å²) in [6, 6.07) is 7.32. The van der Waals surface area contributed by atoms with Crippen molar-refractivity contribution in [2.45, 2.75) is 6.67 Å². The van der Waals surface area contributed by atoms with Gasteiger partial charge in [0.25, 0.3) is 5.91 Å². The molecule has 72 valence electrons. The number of alkyl halides is 1. The van der Waals surface area contributed by atoms with Gasteiger partial charge in [-0.2, -0.15) is 0 Å². The lowest BCUT2D eigenvalue weighted by molar-refractivity contribution is 0.100. The van der Waals surface area contributed by atoms with Gasteiger partial charge >= 0.3 is 0 Å². The molecule has 0 radical (unpaired) electrons. The summed E-state index contributed by atoms with van der Waals surface area (Å²) in [6.45, 7) is -0.651. The summed E-state index contributed by atoms with van der Waals surface area (Å²) in [5.41, 5.74) is 5.57. The van der Waals surface area contributed by atoms with Crippen molar-refractivity contribution in [2.75, 3.05) is 0 Å². The smallest absolute Gasteiger partial charge is 0.259 e. The van der Waals surface area contributed by atoms with Crippen LogP contribution in [0.25, 0.3) is 10.1 Å². The molecular formula is C10H8FNOS. The maximum atomic E-state index is 12.7. The van der Waals surface area contributed by atoms with Crippen molar-refractivity contribution in [1.29, 1.82) is 0 Å². The van der Waals surface area contributed by atoms with Gasteiger partial charge in [-0.15, -0.1) is 11.3 Å². The third-order valence-corrected chi connectivity index (χ3v) is 3.28. The lowest BCUT2D eigenvalue weighted by Crippen LogP contribution is -2.10. The zero-order valence-electron chi connectivity index (χ0n) is 7.29. The number of nitrogens with two attached hydrogens (primary N) is 1. The molecule has 0 aliphatic rings. The quantitative estimate of drug-likeness (QED) is 0.811. The number of fused-ring (bicyclic) bond motifs is 1. The minimum Gasteiger partial charge on any atom is -0.365 e. The fourth-order valence-corrected chi connectivity index (χ4v) is 2.49. The standard InChI is InChI=1S/C10H8FNOS/c11-5-7-6-3-1-2-4-8(6)14-9(7)10(12)13/h1-4H,5H2,(H2,12,13). The van der Waals surface area contributed by atoms with Crippen molar-refractivity contribution < 1.29 is 9.18 Å². The lowest BCUT2D eigenvalue weighted by Gasteiger charge is -1.93. The molecule has 0 saturated carbocycles. The molecule has 0 unspecified atom stereocenters. The van der Waals surface area contributed by atoms with E-state index < -0.39 is 12.6 Å². The van der Waals surface area contributed by atoms with Crippen molar-refractivity contribution in [1.82, 2.24) is 0 Å². The largest absolute Gasteiger partial charge is 0.365 e. The van der Waals surface area contributed by atoms with Crippen LogP contribution in [-0.2, 0) is 6.67 Å². The molecule has 1 aromatic heterocycles. The summed E-state index contributed by atoms with van der Waals surface area (Å²) < 4.78 is 13.6. The summed E-state index contributed by atoms with van der Waals surface area (Å²) in [5, 5.41) is 0.786. The van der Waals surface area contributed by atoms with Crippen LogP contribution >= 0.6 is 11.3 Å². The fraction of sp³-hybridized carbons (Fsp3) is 0.100. The van der Waals surface area contributed by atoms with Crippen LogP contribution in [0.3, 0.4) is 0 Å². The minimum atomic E-state index is -0.651. The Morgan fingerprint density at radius 1 is 1.43 bits per heavy atom. The number of primary amides is 1. The summed E-state index contributed by atoms with van der Waals surface area (Å²) in [4.78, 5) is 11.3. The van der Waals surface area contributed by atoms with Crippen LogP contribution in [0.1, 0.15) is 15.2 Å². The van der Waals surface area contributed by atoms with Gasteiger partial charge in [-0.1, -0.05) is 18.2 Å². The van der Waals surface area contributed by atoms with Crippen LogP contribution in [0.15, 0.2) is 24.3 Å². The molecule has 0 fully saturated rings. The van der Waals surface area contributed by atoms with Gasteiger partial charge in [-0.3, -0.25) is 4.79 Å². The highest BCUT2D eigenvalue weighted by molar-refractivity contribution is 7.21. The highest BCUT2D eigenvalue weighted by Crippen LogP contribution is 2.31. The Bertz CT molecular complexity index is 492. The Kier molecular flexibility index (Phi) is 2.21. The van der Waals surface area contributed by atoms with E-state index in [9.17, 15) is 9.18 Å². The third-order valence-electron chi connectivity index (χ3n) is 2.06. The van der Waals surface area contributed by atoms with E-state index in [1.165, 1.54) is 11.3 Å². The second-order valence-corrected chi connectivity index (χ2v) is 3.96. The van der Waals surface area contributed by atoms with E-state index in [2.05, 4.69) is 0 Å². The Labute approximate surface area is 84.2 Å². The maximum absolute atomic E-state index is 12.7. The highest BCUT2D eigenvalue weighted by atomic mass is 32.1. The second kappa shape index (κ2) is 3.38. The summed E-state index contributed by atoms with van der Waals surface area (Å²) >= 11 is 1.24. The molecule has 1 aromatic carbocycles. The first-order valence-corrected chi connectivity index (χ1v) is 4.92. The third kappa shape index (κ3) is 1.28. The van der Waals surface area contributed by atoms with E-state index in [4.69, 9.17) is 5.73 Å². The zero-order chi connectivity index (χ0) is 10.1. The highest BCUT2D eigenvalue weighted by Gasteiger charge is 2.15. The molecule has 2 rings (SSSR count). The van der Waals surface area contributed by atoms with Gasteiger partial charge in [0.15, 0.2) is 0 Å². The number of rotatable bonds is 2. The fourth-order valence-electron chi connectivity index (χ4n) is 1.43. The van der Waals surface area contributed by atoms with Gasteiger partial charge in [-0.25, -0.2) is 4.39 Å². The Morgan fingerprint density at radius 2 is 2.14 bits per heavy atom. The number of carbonyl (C=O) groups is 1. The summed E-state index contributed by atoms with van der Waals surface area (Å²) in [6.07, 6.45) is 0. The van der Waals surface area contributed by atoms with Gasteiger partial charge in [0, 0.05) is 10.3 Å². The molecule has 0 aliphatic heterocycles. The van der Waals surface area contributed by atoms with Crippen molar-refractivity contribution in [3.05, 3.63) is 34.7 Å². The molecule has 14 heavy (non-hydrogen) atoms. The van der Waals surface area contributed by atoms with E-state index in [1.807, 2.05) is 18.2 Å². The first-order valence-electron chi connectivity index (χ1n) is 4.10. The number of hydrogen-bond donors (Lipinski definition) is 1. The van der Waals surface area contributed by atoms with Crippen molar-refractivity contribution >= 4 is 27.3 Å². The molecule has 1 amide bonds. The lowest BCUT2D eigenvalue weighted by atomic mass is 10.1. The first-order chi connectivity index (χ1) is 6.74. The van der Waals surface area contributed by atoms with Crippen LogP contribution < -0.4 is 5.73 Å². The zero-order valence-corrected chi connectivity index (χ0v) is 8.10. The van der Waals surface area contributed by atoms with Gasteiger partial charge in [0.05, 0.1) is 4.88 Å². The van der Waals surface area contributed by atoms with E-state index in [0.29, 0.717) is 10.4 Å². The molecule has 2 aromatic rings. The number of amides is 1. The molecule has 0 spiro atoms. The van der Waals surface area contributed by atoms with E-state index in [0.717, 1.165) is 10.1 Å². The first kappa shape index (κ1) is 9.15. The summed E-state index contributed by atoms with van der Waals surface area (Å²) in [5.74, 6) is -0.557. The minimum absolute atomic E-state index is 0.328. The molecule has 2 N–H and O–H groups in total. The average Bonchev–Trinajstić information content (AvgIpc) is 2.56. The molecule has 2 nitrogen and oxygen atoms in total. The molecule has 0 saturated heterocycles. The number of benzene rings is 1. The normalized spacial score (nSPS) is 10.6. The SMILES string of the molecule is NC(=O)c1sc2ccccc2c1CF. The topological polar surface area (TPSA) is 43.1 Å². The average molecular weight is 209 g/mol. The van der Waals surface area contributed by atoms with Gasteiger partial charge in [-0.05, 0) is 11.5 Å². The molecule has 0 aliphatic carbocycles. The van der Waals surface area contributed by atoms with E-state index in [-0.39, 0.29) is 0 Å². The monoisotopic (exact) mass is 209 g/mol. The van der Waals surface area contributed by atoms with Crippen molar-refractivity contribution in [3.8, 4) is 0 Å².